The van der Waals surface area contributed by atoms with Gasteiger partial charge in [-0.1, -0.05) is 48.3 Å². The maximum atomic E-state index is 6.09. The molecule has 1 rings (SSSR count). The Balaban J connectivity index is 2.72. The van der Waals surface area contributed by atoms with Crippen molar-refractivity contribution in [2.24, 2.45) is 0 Å². The number of benzene rings is 1. The molecule has 0 unspecified atom stereocenters. The van der Waals surface area contributed by atoms with Gasteiger partial charge in [0.25, 0.3) is 0 Å². The average Bonchev–Trinajstić information content (AvgIpc) is 2.05. The Labute approximate surface area is 104 Å². The molecule has 0 aromatic heterocycles. The minimum Gasteiger partial charge on any atom is -0.151 e. The van der Waals surface area contributed by atoms with Gasteiger partial charge in [-0.3, -0.25) is 0 Å². The Hall–Kier alpha value is 0.340. The summed E-state index contributed by atoms with van der Waals surface area (Å²) in [4.78, 5) is 0. The largest absolute Gasteiger partial charge is 0.151 e. The van der Waals surface area contributed by atoms with Crippen LogP contribution in [0.3, 0.4) is 0 Å². The number of halogens is 2. The van der Waals surface area contributed by atoms with Gasteiger partial charge in [0.2, 0.25) is 0 Å². The van der Waals surface area contributed by atoms with E-state index in [4.69, 9.17) is 11.6 Å². The number of thioether (sulfide) groups is 1. The third-order valence-electron chi connectivity index (χ3n) is 1.67. The van der Waals surface area contributed by atoms with Crippen molar-refractivity contribution in [2.75, 3.05) is 0 Å². The highest BCUT2D eigenvalue weighted by Crippen LogP contribution is 2.31. The van der Waals surface area contributed by atoms with E-state index in [9.17, 15) is 0 Å². The summed E-state index contributed by atoms with van der Waals surface area (Å²) in [6, 6.07) is 5.98. The van der Waals surface area contributed by atoms with Gasteiger partial charge in [-0.25, -0.2) is 0 Å². The minimum absolute atomic E-state index is 0.283. The third-order valence-corrected chi connectivity index (χ3v) is 3.85. The second-order valence-electron chi connectivity index (χ2n) is 4.14. The molecule has 0 bridgehead atoms. The van der Waals surface area contributed by atoms with Crippen LogP contribution in [0.5, 0.6) is 0 Å². The molecule has 0 spiro atoms. The smallest absolute Gasteiger partial charge is 0.0447 e. The van der Waals surface area contributed by atoms with E-state index >= 15 is 0 Å². The lowest BCUT2D eigenvalue weighted by atomic mass is 10.2. The van der Waals surface area contributed by atoms with Crippen molar-refractivity contribution in [2.45, 2.75) is 31.3 Å². The molecule has 0 aliphatic heterocycles. The predicted octanol–water partition coefficient (Wildman–Crippen LogP) is 5.13. The Morgan fingerprint density at radius 3 is 2.57 bits per heavy atom. The van der Waals surface area contributed by atoms with Crippen molar-refractivity contribution in [1.82, 2.24) is 0 Å². The molecule has 14 heavy (non-hydrogen) atoms. The number of rotatable bonds is 2. The van der Waals surface area contributed by atoms with Crippen LogP contribution in [0.15, 0.2) is 22.7 Å². The van der Waals surface area contributed by atoms with Crippen molar-refractivity contribution in [3.05, 3.63) is 33.3 Å². The summed E-state index contributed by atoms with van der Waals surface area (Å²) in [5, 5.41) is 0.852. The van der Waals surface area contributed by atoms with Crippen LogP contribution < -0.4 is 0 Å². The van der Waals surface area contributed by atoms with Crippen LogP contribution in [-0.4, -0.2) is 4.75 Å². The number of hydrogen-bond acceptors (Lipinski definition) is 1. The van der Waals surface area contributed by atoms with E-state index in [-0.39, 0.29) is 4.75 Å². The summed E-state index contributed by atoms with van der Waals surface area (Å²) in [5.74, 6) is 0.960. The normalized spacial score (nSPS) is 11.8. The molecule has 78 valence electrons. The van der Waals surface area contributed by atoms with Crippen LogP contribution in [-0.2, 0) is 5.75 Å². The predicted molar refractivity (Wildman–Crippen MR) is 70.2 cm³/mol. The molecule has 1 aromatic rings. The topological polar surface area (TPSA) is 0 Å². The molecule has 0 saturated carbocycles. The Kier molecular flexibility index (Phi) is 4.35. The molecule has 3 heteroatoms. The Morgan fingerprint density at radius 2 is 2.00 bits per heavy atom. The van der Waals surface area contributed by atoms with Gasteiger partial charge in [0.1, 0.15) is 0 Å². The van der Waals surface area contributed by atoms with Crippen molar-refractivity contribution >= 4 is 39.3 Å². The van der Waals surface area contributed by atoms with Gasteiger partial charge in [0, 0.05) is 20.0 Å². The van der Waals surface area contributed by atoms with Gasteiger partial charge >= 0.3 is 0 Å². The first-order chi connectivity index (χ1) is 6.38. The molecule has 0 fully saturated rings. The van der Waals surface area contributed by atoms with E-state index in [0.717, 1.165) is 15.2 Å². The summed E-state index contributed by atoms with van der Waals surface area (Å²) in [6.07, 6.45) is 0. The molecule has 0 aliphatic carbocycles. The van der Waals surface area contributed by atoms with Crippen LogP contribution in [0.4, 0.5) is 0 Å². The zero-order chi connectivity index (χ0) is 10.8. The highest BCUT2D eigenvalue weighted by molar-refractivity contribution is 9.10. The highest BCUT2D eigenvalue weighted by Gasteiger charge is 2.11. The van der Waals surface area contributed by atoms with E-state index in [0.29, 0.717) is 0 Å². The second kappa shape index (κ2) is 4.91. The van der Waals surface area contributed by atoms with Crippen LogP contribution in [0.2, 0.25) is 5.02 Å². The van der Waals surface area contributed by atoms with E-state index < -0.39 is 0 Å². The fourth-order valence-corrected chi connectivity index (χ4v) is 2.45. The standard InChI is InChI=1S/C11H14BrClS/c1-11(2,3)14-7-8-6-9(12)4-5-10(8)13/h4-6H,7H2,1-3H3. The summed E-state index contributed by atoms with van der Waals surface area (Å²) < 4.78 is 1.37. The first-order valence-corrected chi connectivity index (χ1v) is 6.62. The van der Waals surface area contributed by atoms with Crippen molar-refractivity contribution in [3.63, 3.8) is 0 Å². The van der Waals surface area contributed by atoms with Crippen LogP contribution in [0.1, 0.15) is 26.3 Å². The molecule has 0 N–H and O–H groups in total. The minimum atomic E-state index is 0.283. The summed E-state index contributed by atoms with van der Waals surface area (Å²) in [5.41, 5.74) is 1.20. The Bertz CT molecular complexity index is 318. The van der Waals surface area contributed by atoms with Crippen molar-refractivity contribution < 1.29 is 0 Å². The van der Waals surface area contributed by atoms with Crippen molar-refractivity contribution in [3.8, 4) is 0 Å². The Morgan fingerprint density at radius 1 is 1.36 bits per heavy atom. The monoisotopic (exact) mass is 292 g/mol. The zero-order valence-corrected chi connectivity index (χ0v) is 11.8. The fraction of sp³-hybridized carbons (Fsp3) is 0.455. The molecule has 0 saturated heterocycles. The first-order valence-electron chi connectivity index (χ1n) is 4.46. The lowest BCUT2D eigenvalue weighted by Gasteiger charge is -2.17. The zero-order valence-electron chi connectivity index (χ0n) is 8.60. The van der Waals surface area contributed by atoms with E-state index in [1.54, 1.807) is 0 Å². The van der Waals surface area contributed by atoms with Gasteiger partial charge in [0.15, 0.2) is 0 Å². The van der Waals surface area contributed by atoms with E-state index in [1.165, 1.54) is 5.56 Å². The van der Waals surface area contributed by atoms with Gasteiger partial charge in [0.05, 0.1) is 0 Å². The first kappa shape index (κ1) is 12.4. The molecule has 0 aliphatic rings. The molecule has 1 aromatic carbocycles. The van der Waals surface area contributed by atoms with Gasteiger partial charge < -0.3 is 0 Å². The van der Waals surface area contributed by atoms with Crippen LogP contribution in [0, 0.1) is 0 Å². The van der Waals surface area contributed by atoms with Gasteiger partial charge in [-0.15, -0.1) is 0 Å². The highest BCUT2D eigenvalue weighted by atomic mass is 79.9. The molecule has 0 radical (unpaired) electrons. The molecular formula is C11H14BrClS. The maximum Gasteiger partial charge on any atom is 0.0447 e. The van der Waals surface area contributed by atoms with E-state index in [2.05, 4.69) is 42.8 Å². The van der Waals surface area contributed by atoms with Crippen LogP contribution in [0.25, 0.3) is 0 Å². The molecule has 0 amide bonds. The van der Waals surface area contributed by atoms with E-state index in [1.807, 2.05) is 23.9 Å². The lowest BCUT2D eigenvalue weighted by Crippen LogP contribution is -2.07. The number of hydrogen-bond donors (Lipinski definition) is 0. The average molecular weight is 294 g/mol. The summed E-state index contributed by atoms with van der Waals surface area (Å²) >= 11 is 11.4. The lowest BCUT2D eigenvalue weighted by molar-refractivity contribution is 0.802. The van der Waals surface area contributed by atoms with Gasteiger partial charge in [-0.2, -0.15) is 11.8 Å². The summed E-state index contributed by atoms with van der Waals surface area (Å²) in [6.45, 7) is 6.64. The van der Waals surface area contributed by atoms with Crippen molar-refractivity contribution in [1.29, 1.82) is 0 Å². The SMILES string of the molecule is CC(C)(C)SCc1cc(Br)ccc1Cl. The summed E-state index contributed by atoms with van der Waals surface area (Å²) in [7, 11) is 0. The molecule has 0 atom stereocenters. The molecular weight excluding hydrogens is 280 g/mol. The fourth-order valence-electron chi connectivity index (χ4n) is 0.948. The quantitative estimate of drug-likeness (QED) is 0.728. The second-order valence-corrected chi connectivity index (χ2v) is 7.26. The maximum absolute atomic E-state index is 6.09. The van der Waals surface area contributed by atoms with Gasteiger partial charge in [-0.05, 0) is 23.8 Å². The molecule has 0 heterocycles. The van der Waals surface area contributed by atoms with Crippen LogP contribution >= 0.6 is 39.3 Å². The third kappa shape index (κ3) is 4.24. The molecule has 0 nitrogen and oxygen atoms in total.